The molecule has 1 heterocycles. The van der Waals surface area contributed by atoms with Crippen LogP contribution < -0.4 is 0 Å². The third-order valence-electron chi connectivity index (χ3n) is 3.51. The van der Waals surface area contributed by atoms with Crippen LogP contribution >= 0.6 is 0 Å². The van der Waals surface area contributed by atoms with E-state index in [-0.39, 0.29) is 5.56 Å². The molecular weight excluding hydrogens is 264 g/mol. The summed E-state index contributed by atoms with van der Waals surface area (Å²) in [4.78, 5) is 14.4. The number of benzene rings is 1. The van der Waals surface area contributed by atoms with Crippen molar-refractivity contribution in [1.29, 1.82) is 0 Å². The van der Waals surface area contributed by atoms with Crippen molar-refractivity contribution in [3.05, 3.63) is 34.9 Å². The van der Waals surface area contributed by atoms with Crippen molar-refractivity contribution in [2.75, 3.05) is 26.2 Å². The Morgan fingerprint density at radius 1 is 1.45 bits per heavy atom. The number of carbonyl (C=O) groups is 1. The quantitative estimate of drug-likeness (QED) is 0.795. The SMILES string of the molecule is CCCN1CCOC(C(=O)c2c(F)ccc(C)c2F)C1. The van der Waals surface area contributed by atoms with Crippen LogP contribution in [0.5, 0.6) is 0 Å². The van der Waals surface area contributed by atoms with Crippen LogP contribution in [-0.2, 0) is 4.74 Å². The molecule has 0 spiro atoms. The Morgan fingerprint density at radius 2 is 2.20 bits per heavy atom. The second-order valence-electron chi connectivity index (χ2n) is 5.08. The minimum atomic E-state index is -0.825. The van der Waals surface area contributed by atoms with Crippen molar-refractivity contribution in [3.63, 3.8) is 0 Å². The maximum Gasteiger partial charge on any atom is 0.198 e. The Hall–Kier alpha value is -1.33. The fourth-order valence-electron chi connectivity index (χ4n) is 2.42. The van der Waals surface area contributed by atoms with Gasteiger partial charge in [-0.1, -0.05) is 13.0 Å². The monoisotopic (exact) mass is 283 g/mol. The number of morpholine rings is 1. The molecule has 1 aliphatic rings. The highest BCUT2D eigenvalue weighted by atomic mass is 19.1. The lowest BCUT2D eigenvalue weighted by Gasteiger charge is -2.32. The van der Waals surface area contributed by atoms with Gasteiger partial charge in [-0.25, -0.2) is 8.78 Å². The van der Waals surface area contributed by atoms with Crippen LogP contribution in [-0.4, -0.2) is 43.0 Å². The van der Waals surface area contributed by atoms with Gasteiger partial charge in [-0.3, -0.25) is 9.69 Å². The van der Waals surface area contributed by atoms with Gasteiger partial charge in [0, 0.05) is 13.1 Å². The van der Waals surface area contributed by atoms with Gasteiger partial charge in [0.2, 0.25) is 0 Å². The standard InChI is InChI=1S/C15H19F2NO2/c1-3-6-18-7-8-20-12(9-18)15(19)13-11(16)5-4-10(2)14(13)17/h4-5,12H,3,6-9H2,1-2H3. The van der Waals surface area contributed by atoms with E-state index in [9.17, 15) is 13.6 Å². The third kappa shape index (κ3) is 3.04. The molecule has 0 aliphatic carbocycles. The highest BCUT2D eigenvalue weighted by Crippen LogP contribution is 2.20. The molecule has 1 unspecified atom stereocenters. The molecule has 0 amide bonds. The molecule has 0 aromatic heterocycles. The second kappa shape index (κ2) is 6.41. The summed E-state index contributed by atoms with van der Waals surface area (Å²) in [6, 6.07) is 2.45. The predicted octanol–water partition coefficient (Wildman–Crippen LogP) is 2.57. The zero-order valence-corrected chi connectivity index (χ0v) is 11.8. The van der Waals surface area contributed by atoms with Crippen LogP contribution in [0, 0.1) is 18.6 Å². The maximum atomic E-state index is 14.0. The molecule has 1 aromatic rings. The van der Waals surface area contributed by atoms with E-state index in [4.69, 9.17) is 4.74 Å². The van der Waals surface area contributed by atoms with Crippen LogP contribution in [0.1, 0.15) is 29.3 Å². The van der Waals surface area contributed by atoms with E-state index in [1.807, 2.05) is 6.92 Å². The molecule has 0 saturated carbocycles. The number of ether oxygens (including phenoxy) is 1. The minimum Gasteiger partial charge on any atom is -0.367 e. The van der Waals surface area contributed by atoms with Crippen LogP contribution in [0.4, 0.5) is 8.78 Å². The van der Waals surface area contributed by atoms with Crippen molar-refractivity contribution in [3.8, 4) is 0 Å². The Balaban J connectivity index is 2.21. The van der Waals surface area contributed by atoms with E-state index in [0.717, 1.165) is 25.6 Å². The van der Waals surface area contributed by atoms with E-state index in [1.54, 1.807) is 0 Å². The first-order valence-corrected chi connectivity index (χ1v) is 6.87. The first-order chi connectivity index (χ1) is 9.54. The predicted molar refractivity (Wildman–Crippen MR) is 71.9 cm³/mol. The average molecular weight is 283 g/mol. The van der Waals surface area contributed by atoms with Crippen molar-refractivity contribution in [2.24, 2.45) is 0 Å². The largest absolute Gasteiger partial charge is 0.367 e. The van der Waals surface area contributed by atoms with Gasteiger partial charge in [0.05, 0.1) is 12.2 Å². The fourth-order valence-corrected chi connectivity index (χ4v) is 2.42. The second-order valence-corrected chi connectivity index (χ2v) is 5.08. The van der Waals surface area contributed by atoms with E-state index < -0.39 is 29.1 Å². The average Bonchev–Trinajstić information content (AvgIpc) is 2.44. The van der Waals surface area contributed by atoms with Gasteiger partial charge in [-0.2, -0.15) is 0 Å². The number of aryl methyl sites for hydroxylation is 1. The van der Waals surface area contributed by atoms with Gasteiger partial charge in [0.1, 0.15) is 17.7 Å². The van der Waals surface area contributed by atoms with Crippen molar-refractivity contribution in [1.82, 2.24) is 4.90 Å². The van der Waals surface area contributed by atoms with Gasteiger partial charge in [-0.15, -0.1) is 0 Å². The number of hydrogen-bond donors (Lipinski definition) is 0. The molecule has 1 saturated heterocycles. The number of carbonyl (C=O) groups excluding carboxylic acids is 1. The van der Waals surface area contributed by atoms with Gasteiger partial charge in [-0.05, 0) is 31.5 Å². The minimum absolute atomic E-state index is 0.260. The highest BCUT2D eigenvalue weighted by molar-refractivity contribution is 6.00. The first kappa shape index (κ1) is 15.1. The molecule has 0 radical (unpaired) electrons. The summed E-state index contributed by atoms with van der Waals surface area (Å²) in [5.41, 5.74) is -0.218. The Labute approximate surface area is 117 Å². The number of rotatable bonds is 4. The summed E-state index contributed by atoms with van der Waals surface area (Å²) in [5.74, 6) is -2.22. The van der Waals surface area contributed by atoms with Gasteiger partial charge in [0.25, 0.3) is 0 Å². The van der Waals surface area contributed by atoms with Crippen molar-refractivity contribution < 1.29 is 18.3 Å². The Morgan fingerprint density at radius 3 is 2.90 bits per heavy atom. The summed E-state index contributed by atoms with van der Waals surface area (Å²) in [6.45, 7) is 5.95. The molecule has 1 aliphatic heterocycles. The summed E-state index contributed by atoms with van der Waals surface area (Å²) in [5, 5.41) is 0. The molecule has 20 heavy (non-hydrogen) atoms. The molecule has 1 fully saturated rings. The molecule has 3 nitrogen and oxygen atoms in total. The first-order valence-electron chi connectivity index (χ1n) is 6.87. The lowest BCUT2D eigenvalue weighted by Crippen LogP contribution is -2.46. The lowest BCUT2D eigenvalue weighted by molar-refractivity contribution is -0.0167. The van der Waals surface area contributed by atoms with Gasteiger partial charge in [0.15, 0.2) is 5.78 Å². The topological polar surface area (TPSA) is 29.5 Å². The van der Waals surface area contributed by atoms with Crippen molar-refractivity contribution in [2.45, 2.75) is 26.4 Å². The van der Waals surface area contributed by atoms with Gasteiger partial charge < -0.3 is 4.74 Å². The van der Waals surface area contributed by atoms with E-state index in [2.05, 4.69) is 4.90 Å². The normalized spacial score (nSPS) is 20.1. The van der Waals surface area contributed by atoms with Crippen LogP contribution in [0.15, 0.2) is 12.1 Å². The fraction of sp³-hybridized carbons (Fsp3) is 0.533. The molecule has 110 valence electrons. The zero-order valence-electron chi connectivity index (χ0n) is 11.8. The number of hydrogen-bond acceptors (Lipinski definition) is 3. The molecule has 2 rings (SSSR count). The smallest absolute Gasteiger partial charge is 0.198 e. The van der Waals surface area contributed by atoms with Crippen molar-refractivity contribution >= 4 is 5.78 Å². The summed E-state index contributed by atoms with van der Waals surface area (Å²) < 4.78 is 33.1. The van der Waals surface area contributed by atoms with E-state index >= 15 is 0 Å². The summed E-state index contributed by atoms with van der Waals surface area (Å²) in [7, 11) is 0. The molecule has 1 aromatic carbocycles. The lowest BCUT2D eigenvalue weighted by atomic mass is 10.0. The molecule has 5 heteroatoms. The van der Waals surface area contributed by atoms with Crippen LogP contribution in [0.25, 0.3) is 0 Å². The van der Waals surface area contributed by atoms with E-state index in [1.165, 1.54) is 13.0 Å². The molecule has 0 bridgehead atoms. The number of ketones is 1. The van der Waals surface area contributed by atoms with Gasteiger partial charge >= 0.3 is 0 Å². The van der Waals surface area contributed by atoms with E-state index in [0.29, 0.717) is 13.2 Å². The van der Waals surface area contributed by atoms with Crippen LogP contribution in [0.3, 0.4) is 0 Å². The van der Waals surface area contributed by atoms with Crippen LogP contribution in [0.2, 0.25) is 0 Å². The highest BCUT2D eigenvalue weighted by Gasteiger charge is 2.31. The Kier molecular flexibility index (Phi) is 4.83. The molecule has 1 atom stereocenters. The number of nitrogens with zero attached hydrogens (tertiary/aromatic N) is 1. The Bertz CT molecular complexity index is 503. The number of halogens is 2. The summed E-state index contributed by atoms with van der Waals surface area (Å²) >= 11 is 0. The summed E-state index contributed by atoms with van der Waals surface area (Å²) in [6.07, 6.45) is 0.176. The molecule has 0 N–H and O–H groups in total. The molecular formula is C15H19F2NO2. The number of Topliss-reactive ketones (excluding diaryl/α,β-unsaturated/α-hetero) is 1. The zero-order chi connectivity index (χ0) is 14.7. The third-order valence-corrected chi connectivity index (χ3v) is 3.51. The maximum absolute atomic E-state index is 14.0.